The maximum Gasteiger partial charge on any atom is 0.363 e. The number of hydrogen-bond acceptors (Lipinski definition) is 6. The third kappa shape index (κ3) is 5.39. The highest BCUT2D eigenvalue weighted by atomic mass is 127. The number of aliphatic imine (C=N–C) groups is 1. The molecule has 0 spiro atoms. The van der Waals surface area contributed by atoms with Gasteiger partial charge in [0.15, 0.2) is 12.3 Å². The molecule has 0 bridgehead atoms. The van der Waals surface area contributed by atoms with E-state index in [9.17, 15) is 9.59 Å². The van der Waals surface area contributed by atoms with Gasteiger partial charge in [0.2, 0.25) is 5.90 Å². The zero-order valence-corrected chi connectivity index (χ0v) is 20.8. The Morgan fingerprint density at radius 3 is 2.62 bits per heavy atom. The molecule has 0 N–H and O–H groups in total. The fourth-order valence-electron chi connectivity index (χ4n) is 2.33. The van der Waals surface area contributed by atoms with E-state index in [1.807, 2.05) is 6.07 Å². The first-order valence-electron chi connectivity index (χ1n) is 7.95. The van der Waals surface area contributed by atoms with Crippen molar-refractivity contribution in [1.82, 2.24) is 0 Å². The first kappa shape index (κ1) is 22.3. The van der Waals surface area contributed by atoms with Gasteiger partial charge >= 0.3 is 11.9 Å². The van der Waals surface area contributed by atoms with Gasteiger partial charge in [0, 0.05) is 3.57 Å². The number of carbonyl (C=O) groups is 2. The van der Waals surface area contributed by atoms with Crippen molar-refractivity contribution in [2.45, 2.75) is 0 Å². The lowest BCUT2D eigenvalue weighted by molar-refractivity contribution is -0.143. The van der Waals surface area contributed by atoms with Crippen molar-refractivity contribution >= 4 is 90.0 Å². The van der Waals surface area contributed by atoms with Crippen molar-refractivity contribution in [3.8, 4) is 5.75 Å². The molecule has 0 unspecified atom stereocenters. The van der Waals surface area contributed by atoms with Crippen molar-refractivity contribution in [1.29, 1.82) is 0 Å². The Balaban J connectivity index is 1.89. The molecule has 0 aromatic heterocycles. The number of cyclic esters (lactones) is 1. The SMILES string of the molecule is COC(=O)COc1c(Br)cc(/C=C2\N=C(c3cc(I)ccc3Cl)OC2=O)cc1Br. The Morgan fingerprint density at radius 2 is 1.97 bits per heavy atom. The molecule has 10 heteroatoms. The summed E-state index contributed by atoms with van der Waals surface area (Å²) in [5.41, 5.74) is 1.35. The third-order valence-electron chi connectivity index (χ3n) is 3.67. The standard InChI is InChI=1S/C19H11Br2ClINO5/c1-27-16(25)8-28-17-12(20)4-9(5-13(17)21)6-15-19(26)29-18(24-15)11-7-10(23)2-3-14(11)22/h2-7H,8H2,1H3/b15-6-. The van der Waals surface area contributed by atoms with Crippen LogP contribution in [-0.4, -0.2) is 31.6 Å². The number of rotatable bonds is 5. The molecular formula is C19H11Br2ClINO5. The summed E-state index contributed by atoms with van der Waals surface area (Å²) in [6.07, 6.45) is 1.58. The predicted octanol–water partition coefficient (Wildman–Crippen LogP) is 5.37. The van der Waals surface area contributed by atoms with E-state index in [0.717, 1.165) is 3.57 Å². The van der Waals surface area contributed by atoms with Crippen LogP contribution in [0, 0.1) is 3.57 Å². The Kier molecular flexibility index (Phi) is 7.36. The molecule has 1 aliphatic rings. The third-order valence-corrected chi connectivity index (χ3v) is 5.84. The highest BCUT2D eigenvalue weighted by molar-refractivity contribution is 14.1. The average molecular weight is 655 g/mol. The van der Waals surface area contributed by atoms with Crippen LogP contribution in [0.1, 0.15) is 11.1 Å². The van der Waals surface area contributed by atoms with Crippen LogP contribution in [0.3, 0.4) is 0 Å². The van der Waals surface area contributed by atoms with E-state index in [1.54, 1.807) is 30.3 Å². The number of esters is 2. The van der Waals surface area contributed by atoms with Gasteiger partial charge in [0.05, 0.1) is 26.6 Å². The second-order valence-electron chi connectivity index (χ2n) is 5.64. The number of carbonyl (C=O) groups excluding carboxylic acids is 2. The van der Waals surface area contributed by atoms with Crippen molar-refractivity contribution < 1.29 is 23.8 Å². The van der Waals surface area contributed by atoms with E-state index in [4.69, 9.17) is 21.1 Å². The lowest BCUT2D eigenvalue weighted by Crippen LogP contribution is -2.13. The van der Waals surface area contributed by atoms with Gasteiger partial charge in [0.25, 0.3) is 0 Å². The molecule has 0 saturated heterocycles. The molecule has 150 valence electrons. The molecule has 0 fully saturated rings. The predicted molar refractivity (Wildman–Crippen MR) is 124 cm³/mol. The fraction of sp³-hybridized carbons (Fsp3) is 0.105. The first-order chi connectivity index (χ1) is 13.8. The molecule has 0 radical (unpaired) electrons. The maximum absolute atomic E-state index is 12.3. The molecule has 29 heavy (non-hydrogen) atoms. The highest BCUT2D eigenvalue weighted by Crippen LogP contribution is 2.36. The number of benzene rings is 2. The van der Waals surface area contributed by atoms with Crippen molar-refractivity contribution in [2.24, 2.45) is 4.99 Å². The van der Waals surface area contributed by atoms with E-state index in [-0.39, 0.29) is 18.2 Å². The van der Waals surface area contributed by atoms with Crippen LogP contribution in [0.2, 0.25) is 5.02 Å². The van der Waals surface area contributed by atoms with E-state index in [0.29, 0.717) is 30.8 Å². The maximum atomic E-state index is 12.3. The number of hydrogen-bond donors (Lipinski definition) is 0. The zero-order chi connectivity index (χ0) is 21.1. The monoisotopic (exact) mass is 653 g/mol. The molecule has 0 aliphatic carbocycles. The molecule has 0 amide bonds. The second-order valence-corrected chi connectivity index (χ2v) is 9.00. The number of ether oxygens (including phenoxy) is 3. The largest absolute Gasteiger partial charge is 0.480 e. The van der Waals surface area contributed by atoms with E-state index >= 15 is 0 Å². The van der Waals surface area contributed by atoms with Gasteiger partial charge in [-0.2, -0.15) is 0 Å². The van der Waals surface area contributed by atoms with Gasteiger partial charge in [0.1, 0.15) is 5.75 Å². The number of nitrogens with zero attached hydrogens (tertiary/aromatic N) is 1. The van der Waals surface area contributed by atoms with Gasteiger partial charge < -0.3 is 14.2 Å². The number of halogens is 4. The summed E-state index contributed by atoms with van der Waals surface area (Å²) in [6, 6.07) is 8.81. The smallest absolute Gasteiger partial charge is 0.363 e. The van der Waals surface area contributed by atoms with Gasteiger partial charge in [-0.15, -0.1) is 0 Å². The molecule has 3 rings (SSSR count). The Bertz CT molecular complexity index is 1050. The van der Waals surface area contributed by atoms with Crippen LogP contribution in [0.5, 0.6) is 5.75 Å². The van der Waals surface area contributed by atoms with Crippen LogP contribution < -0.4 is 4.74 Å². The minimum absolute atomic E-state index is 0.136. The van der Waals surface area contributed by atoms with Gasteiger partial charge in [-0.1, -0.05) is 11.6 Å². The Hall–Kier alpha value is -1.43. The van der Waals surface area contributed by atoms with Gasteiger partial charge in [-0.05, 0) is 96.4 Å². The summed E-state index contributed by atoms with van der Waals surface area (Å²) in [4.78, 5) is 27.8. The molecule has 1 heterocycles. The van der Waals surface area contributed by atoms with Crippen molar-refractivity contribution in [2.75, 3.05) is 13.7 Å². The summed E-state index contributed by atoms with van der Waals surface area (Å²) in [5.74, 6) is -0.490. The average Bonchev–Trinajstić information content (AvgIpc) is 3.03. The lowest BCUT2D eigenvalue weighted by Gasteiger charge is -2.10. The van der Waals surface area contributed by atoms with Crippen LogP contribution in [-0.2, 0) is 19.1 Å². The van der Waals surface area contributed by atoms with Crippen LogP contribution in [0.4, 0.5) is 0 Å². The molecule has 1 aliphatic heterocycles. The van der Waals surface area contributed by atoms with Crippen molar-refractivity contribution in [3.63, 3.8) is 0 Å². The highest BCUT2D eigenvalue weighted by Gasteiger charge is 2.26. The summed E-state index contributed by atoms with van der Waals surface area (Å²) >= 11 is 15.1. The van der Waals surface area contributed by atoms with Crippen molar-refractivity contribution in [3.05, 3.63) is 64.7 Å². The molecular weight excluding hydrogens is 644 g/mol. The first-order valence-corrected chi connectivity index (χ1v) is 11.0. The normalized spacial score (nSPS) is 14.6. The zero-order valence-electron chi connectivity index (χ0n) is 14.7. The van der Waals surface area contributed by atoms with Crippen LogP contribution >= 0.6 is 66.1 Å². The molecule has 0 saturated carbocycles. The molecule has 2 aromatic carbocycles. The van der Waals surface area contributed by atoms with Crippen LogP contribution in [0.25, 0.3) is 6.08 Å². The van der Waals surface area contributed by atoms with E-state index in [2.05, 4.69) is 64.2 Å². The van der Waals surface area contributed by atoms with E-state index < -0.39 is 11.9 Å². The van der Waals surface area contributed by atoms with Gasteiger partial charge in [-0.3, -0.25) is 0 Å². The lowest BCUT2D eigenvalue weighted by atomic mass is 10.2. The minimum atomic E-state index is -0.576. The molecule has 6 nitrogen and oxygen atoms in total. The fourth-order valence-corrected chi connectivity index (χ4v) is 4.47. The van der Waals surface area contributed by atoms with Crippen LogP contribution in [0.15, 0.2) is 50.0 Å². The van der Waals surface area contributed by atoms with E-state index in [1.165, 1.54) is 7.11 Å². The Morgan fingerprint density at radius 1 is 1.28 bits per heavy atom. The second kappa shape index (κ2) is 9.59. The Labute approximate surface area is 201 Å². The van der Waals surface area contributed by atoms with Gasteiger partial charge in [-0.25, -0.2) is 14.6 Å². The number of methoxy groups -OCH3 is 1. The summed E-state index contributed by atoms with van der Waals surface area (Å²) in [5, 5.41) is 0.441. The summed E-state index contributed by atoms with van der Waals surface area (Å²) in [7, 11) is 1.28. The summed E-state index contributed by atoms with van der Waals surface area (Å²) in [6.45, 7) is -0.231. The minimum Gasteiger partial charge on any atom is -0.480 e. The topological polar surface area (TPSA) is 74.2 Å². The molecule has 2 aromatic rings. The summed E-state index contributed by atoms with van der Waals surface area (Å²) < 4.78 is 17.4. The quantitative estimate of drug-likeness (QED) is 0.246. The molecule has 0 atom stereocenters.